The Morgan fingerprint density at radius 2 is 2.06 bits per heavy atom. The normalized spacial score (nSPS) is 17.6. The van der Waals surface area contributed by atoms with Crippen LogP contribution in [0.4, 0.5) is 13.2 Å². The highest BCUT2D eigenvalue weighted by molar-refractivity contribution is 5.31. The maximum Gasteiger partial charge on any atom is 0.387 e. The predicted octanol–water partition coefficient (Wildman–Crippen LogP) is 2.46. The zero-order valence-electron chi connectivity index (χ0n) is 8.55. The van der Waals surface area contributed by atoms with Crippen LogP contribution in [0.15, 0.2) is 18.2 Å². The smallest absolute Gasteiger partial charge is 0.387 e. The van der Waals surface area contributed by atoms with Crippen LogP contribution in [-0.2, 0) is 6.42 Å². The summed E-state index contributed by atoms with van der Waals surface area (Å²) in [7, 11) is 0. The van der Waals surface area contributed by atoms with E-state index in [1.165, 1.54) is 12.1 Å². The second kappa shape index (κ2) is 3.97. The summed E-state index contributed by atoms with van der Waals surface area (Å²) < 4.78 is 41.3. The molecule has 0 heterocycles. The molecule has 2 nitrogen and oxygen atoms in total. The van der Waals surface area contributed by atoms with Crippen molar-refractivity contribution in [2.45, 2.75) is 31.4 Å². The number of benzene rings is 1. The molecule has 0 spiro atoms. The Morgan fingerprint density at radius 1 is 1.38 bits per heavy atom. The molecule has 0 aromatic heterocycles. The molecule has 1 saturated carbocycles. The number of hydrogen-bond donors (Lipinski definition) is 1. The van der Waals surface area contributed by atoms with Crippen molar-refractivity contribution in [2.24, 2.45) is 5.73 Å². The largest absolute Gasteiger partial charge is 0.435 e. The van der Waals surface area contributed by atoms with E-state index >= 15 is 0 Å². The van der Waals surface area contributed by atoms with Gasteiger partial charge in [-0.3, -0.25) is 0 Å². The van der Waals surface area contributed by atoms with Gasteiger partial charge in [-0.25, -0.2) is 4.39 Å². The van der Waals surface area contributed by atoms with Crippen molar-refractivity contribution in [3.8, 4) is 5.75 Å². The lowest BCUT2D eigenvalue weighted by atomic mass is 10.0. The van der Waals surface area contributed by atoms with Crippen molar-refractivity contribution in [1.82, 2.24) is 0 Å². The van der Waals surface area contributed by atoms with Crippen molar-refractivity contribution in [3.05, 3.63) is 29.6 Å². The Labute approximate surface area is 91.2 Å². The minimum Gasteiger partial charge on any atom is -0.435 e. The van der Waals surface area contributed by atoms with Crippen molar-refractivity contribution < 1.29 is 17.9 Å². The summed E-state index contributed by atoms with van der Waals surface area (Å²) in [6, 6.07) is 3.74. The SMILES string of the molecule is NC1(Cc2ccc(OC(F)F)cc2F)CC1. The van der Waals surface area contributed by atoms with Crippen LogP contribution in [0.3, 0.4) is 0 Å². The molecule has 16 heavy (non-hydrogen) atoms. The molecule has 0 radical (unpaired) electrons. The fourth-order valence-electron chi connectivity index (χ4n) is 1.56. The molecule has 2 rings (SSSR count). The summed E-state index contributed by atoms with van der Waals surface area (Å²) in [5.74, 6) is -0.715. The van der Waals surface area contributed by atoms with E-state index in [2.05, 4.69) is 4.74 Å². The van der Waals surface area contributed by atoms with Crippen molar-refractivity contribution in [1.29, 1.82) is 0 Å². The van der Waals surface area contributed by atoms with Crippen LogP contribution in [0, 0.1) is 5.82 Å². The van der Waals surface area contributed by atoms with Gasteiger partial charge in [-0.1, -0.05) is 6.07 Å². The Kier molecular flexibility index (Phi) is 2.80. The molecule has 0 amide bonds. The van der Waals surface area contributed by atoms with Gasteiger partial charge >= 0.3 is 6.61 Å². The molecule has 0 saturated heterocycles. The highest BCUT2D eigenvalue weighted by Gasteiger charge is 2.38. The molecule has 1 aromatic rings. The van der Waals surface area contributed by atoms with E-state index in [0.29, 0.717) is 12.0 Å². The van der Waals surface area contributed by atoms with Crippen LogP contribution in [-0.4, -0.2) is 12.2 Å². The van der Waals surface area contributed by atoms with Gasteiger partial charge in [0.05, 0.1) is 0 Å². The van der Waals surface area contributed by atoms with E-state index in [9.17, 15) is 13.2 Å². The van der Waals surface area contributed by atoms with Crippen LogP contribution in [0.1, 0.15) is 18.4 Å². The molecule has 5 heteroatoms. The molecule has 1 aromatic carbocycles. The Morgan fingerprint density at radius 3 is 2.56 bits per heavy atom. The van der Waals surface area contributed by atoms with Gasteiger partial charge < -0.3 is 10.5 Å². The predicted molar refractivity (Wildman–Crippen MR) is 52.9 cm³/mol. The molecule has 1 fully saturated rings. The topological polar surface area (TPSA) is 35.2 Å². The molecule has 0 aliphatic heterocycles. The fraction of sp³-hybridized carbons (Fsp3) is 0.455. The average Bonchev–Trinajstić information content (AvgIpc) is 2.88. The minimum atomic E-state index is -2.94. The van der Waals surface area contributed by atoms with Gasteiger partial charge in [0.25, 0.3) is 0 Å². The van der Waals surface area contributed by atoms with Crippen LogP contribution >= 0.6 is 0 Å². The second-order valence-corrected chi connectivity index (χ2v) is 4.17. The number of hydrogen-bond acceptors (Lipinski definition) is 2. The highest BCUT2D eigenvalue weighted by atomic mass is 19.3. The van der Waals surface area contributed by atoms with Crippen LogP contribution in [0.2, 0.25) is 0 Å². The van der Waals surface area contributed by atoms with E-state index in [4.69, 9.17) is 5.73 Å². The van der Waals surface area contributed by atoms with Gasteiger partial charge in [0.2, 0.25) is 0 Å². The van der Waals surface area contributed by atoms with E-state index in [0.717, 1.165) is 18.9 Å². The lowest BCUT2D eigenvalue weighted by Gasteiger charge is -2.11. The first kappa shape index (κ1) is 11.3. The highest BCUT2D eigenvalue weighted by Crippen LogP contribution is 2.36. The van der Waals surface area contributed by atoms with Gasteiger partial charge in [0, 0.05) is 11.6 Å². The summed E-state index contributed by atoms with van der Waals surface area (Å²) in [4.78, 5) is 0. The summed E-state index contributed by atoms with van der Waals surface area (Å²) in [6.07, 6.45) is 2.19. The van der Waals surface area contributed by atoms with E-state index in [-0.39, 0.29) is 11.3 Å². The first-order valence-corrected chi connectivity index (χ1v) is 5.01. The molecular weight excluding hydrogens is 219 g/mol. The second-order valence-electron chi connectivity index (χ2n) is 4.17. The lowest BCUT2D eigenvalue weighted by molar-refractivity contribution is -0.0500. The Hall–Kier alpha value is -1.23. The number of nitrogens with two attached hydrogens (primary N) is 1. The van der Waals surface area contributed by atoms with Gasteiger partial charge in [-0.2, -0.15) is 8.78 Å². The first-order valence-electron chi connectivity index (χ1n) is 5.01. The third kappa shape index (κ3) is 2.66. The third-order valence-corrected chi connectivity index (χ3v) is 2.68. The summed E-state index contributed by atoms with van der Waals surface area (Å²) in [5.41, 5.74) is 5.99. The number of rotatable bonds is 4. The molecule has 1 aliphatic rings. The first-order chi connectivity index (χ1) is 7.48. The Bertz CT molecular complexity index is 391. The number of ether oxygens (including phenoxy) is 1. The monoisotopic (exact) mass is 231 g/mol. The lowest BCUT2D eigenvalue weighted by Crippen LogP contribution is -2.25. The standard InChI is InChI=1S/C11H12F3NO/c12-9-5-8(16-10(13)14)2-1-7(9)6-11(15)3-4-11/h1-2,5,10H,3-4,6,15H2. The minimum absolute atomic E-state index is 0.168. The maximum atomic E-state index is 13.5. The fourth-order valence-corrected chi connectivity index (χ4v) is 1.56. The average molecular weight is 231 g/mol. The number of alkyl halides is 2. The molecule has 1 aliphatic carbocycles. The third-order valence-electron chi connectivity index (χ3n) is 2.68. The maximum absolute atomic E-state index is 13.5. The van der Waals surface area contributed by atoms with E-state index in [1.54, 1.807) is 0 Å². The van der Waals surface area contributed by atoms with Crippen LogP contribution in [0.25, 0.3) is 0 Å². The zero-order chi connectivity index (χ0) is 11.8. The zero-order valence-corrected chi connectivity index (χ0v) is 8.55. The van der Waals surface area contributed by atoms with E-state index in [1.807, 2.05) is 0 Å². The van der Waals surface area contributed by atoms with Gasteiger partial charge in [0.15, 0.2) is 0 Å². The van der Waals surface area contributed by atoms with Gasteiger partial charge in [-0.05, 0) is 30.9 Å². The molecule has 88 valence electrons. The van der Waals surface area contributed by atoms with Crippen LogP contribution in [0.5, 0.6) is 5.75 Å². The summed E-state index contributed by atoms with van der Waals surface area (Å²) >= 11 is 0. The van der Waals surface area contributed by atoms with E-state index < -0.39 is 12.4 Å². The summed E-state index contributed by atoms with van der Waals surface area (Å²) in [6.45, 7) is -2.94. The molecule has 2 N–H and O–H groups in total. The van der Waals surface area contributed by atoms with Crippen molar-refractivity contribution in [3.63, 3.8) is 0 Å². The van der Waals surface area contributed by atoms with Gasteiger partial charge in [-0.15, -0.1) is 0 Å². The molecule has 0 bridgehead atoms. The van der Waals surface area contributed by atoms with Crippen molar-refractivity contribution >= 4 is 0 Å². The molecule has 0 atom stereocenters. The number of halogens is 3. The molecular formula is C11H12F3NO. The van der Waals surface area contributed by atoms with Gasteiger partial charge in [0.1, 0.15) is 11.6 Å². The quantitative estimate of drug-likeness (QED) is 0.863. The Balaban J connectivity index is 2.10. The summed E-state index contributed by atoms with van der Waals surface area (Å²) in [5, 5.41) is 0. The van der Waals surface area contributed by atoms with Crippen LogP contribution < -0.4 is 10.5 Å². The molecule has 0 unspecified atom stereocenters. The van der Waals surface area contributed by atoms with Crippen molar-refractivity contribution in [2.75, 3.05) is 0 Å².